The molecule has 0 spiro atoms. The van der Waals surface area contributed by atoms with Crippen molar-refractivity contribution in [2.75, 3.05) is 26.3 Å². The number of halogens is 2. The summed E-state index contributed by atoms with van der Waals surface area (Å²) in [6.45, 7) is 3.34. The molecular formula is C19H23BrClNO2. The molecule has 5 heteroatoms. The average Bonchev–Trinajstić information content (AvgIpc) is 2.61. The maximum atomic E-state index is 6.23. The highest BCUT2D eigenvalue weighted by molar-refractivity contribution is 9.10. The molecule has 1 saturated heterocycles. The topological polar surface area (TPSA) is 30.5 Å². The van der Waals surface area contributed by atoms with Crippen LogP contribution in [0.25, 0.3) is 0 Å². The predicted molar refractivity (Wildman–Crippen MR) is 103 cm³/mol. The number of hydrogen-bond acceptors (Lipinski definition) is 3. The van der Waals surface area contributed by atoms with Crippen LogP contribution in [0.4, 0.5) is 0 Å². The van der Waals surface area contributed by atoms with Gasteiger partial charge in [0.2, 0.25) is 0 Å². The third-order valence-electron chi connectivity index (χ3n) is 4.00. The number of morpholine rings is 1. The van der Waals surface area contributed by atoms with Crippen LogP contribution in [-0.4, -0.2) is 32.4 Å². The highest BCUT2D eigenvalue weighted by Gasteiger charge is 2.17. The fraction of sp³-hybridized carbons (Fsp3) is 0.368. The summed E-state index contributed by atoms with van der Waals surface area (Å²) in [6, 6.07) is 18.7. The van der Waals surface area contributed by atoms with Crippen molar-refractivity contribution in [2.24, 2.45) is 0 Å². The summed E-state index contributed by atoms with van der Waals surface area (Å²) in [4.78, 5) is 0. The van der Waals surface area contributed by atoms with Gasteiger partial charge in [-0.05, 0) is 29.7 Å². The first kappa shape index (κ1) is 19.4. The van der Waals surface area contributed by atoms with E-state index in [1.165, 1.54) is 11.1 Å². The number of rotatable bonds is 6. The highest BCUT2D eigenvalue weighted by atomic mass is 79.9. The molecule has 3 rings (SSSR count). The Bertz CT molecular complexity index is 588. The molecule has 0 aromatic heterocycles. The zero-order chi connectivity index (χ0) is 15.9. The molecule has 1 aliphatic rings. The lowest BCUT2D eigenvalue weighted by Crippen LogP contribution is -2.39. The van der Waals surface area contributed by atoms with E-state index in [9.17, 15) is 0 Å². The van der Waals surface area contributed by atoms with Gasteiger partial charge in [0.25, 0.3) is 0 Å². The summed E-state index contributed by atoms with van der Waals surface area (Å²) in [5.41, 5.74) is 2.35. The van der Waals surface area contributed by atoms with Crippen molar-refractivity contribution >= 4 is 28.3 Å². The lowest BCUT2D eigenvalue weighted by Gasteiger charge is -2.25. The van der Waals surface area contributed by atoms with E-state index < -0.39 is 0 Å². The van der Waals surface area contributed by atoms with Crippen LogP contribution in [0.15, 0.2) is 59.1 Å². The first-order chi connectivity index (χ1) is 11.3. The summed E-state index contributed by atoms with van der Waals surface area (Å²) >= 11 is 3.49. The van der Waals surface area contributed by atoms with Crippen molar-refractivity contribution in [3.8, 4) is 0 Å². The minimum atomic E-state index is -0.0409. The van der Waals surface area contributed by atoms with Gasteiger partial charge in [0, 0.05) is 17.6 Å². The van der Waals surface area contributed by atoms with E-state index in [1.54, 1.807) is 0 Å². The minimum absolute atomic E-state index is 0. The Morgan fingerprint density at radius 2 is 1.79 bits per heavy atom. The molecule has 24 heavy (non-hydrogen) atoms. The van der Waals surface area contributed by atoms with Crippen LogP contribution in [-0.2, 0) is 9.47 Å². The zero-order valence-corrected chi connectivity index (χ0v) is 15.9. The minimum Gasteiger partial charge on any atom is -0.375 e. The molecule has 1 N–H and O–H groups in total. The van der Waals surface area contributed by atoms with Gasteiger partial charge in [0.1, 0.15) is 6.10 Å². The standard InChI is InChI=1S/C19H22BrNO2.ClH/c20-17-8-6-16(7-9-17)19(15-4-2-1-3-5-15)23-12-10-18-14-21-11-13-22-18;/h1-9,18-19,21H,10-14H2;1H. The van der Waals surface area contributed by atoms with Gasteiger partial charge < -0.3 is 14.8 Å². The van der Waals surface area contributed by atoms with Crippen LogP contribution in [0.2, 0.25) is 0 Å². The highest BCUT2D eigenvalue weighted by Crippen LogP contribution is 2.27. The van der Waals surface area contributed by atoms with Crippen molar-refractivity contribution in [3.05, 3.63) is 70.2 Å². The van der Waals surface area contributed by atoms with Crippen molar-refractivity contribution in [1.82, 2.24) is 5.32 Å². The van der Waals surface area contributed by atoms with E-state index in [4.69, 9.17) is 9.47 Å². The second-order valence-electron chi connectivity index (χ2n) is 5.70. The molecule has 1 heterocycles. The number of ether oxygens (including phenoxy) is 2. The predicted octanol–water partition coefficient (Wildman–Crippen LogP) is 4.36. The number of hydrogen-bond donors (Lipinski definition) is 1. The van der Waals surface area contributed by atoms with Gasteiger partial charge >= 0.3 is 0 Å². The normalized spacial score (nSPS) is 18.6. The van der Waals surface area contributed by atoms with Crippen LogP contribution in [0.3, 0.4) is 0 Å². The Morgan fingerprint density at radius 1 is 1.08 bits per heavy atom. The Kier molecular flexibility index (Phi) is 8.22. The molecule has 0 amide bonds. The first-order valence-corrected chi connectivity index (χ1v) is 8.86. The molecule has 2 atom stereocenters. The summed E-state index contributed by atoms with van der Waals surface area (Å²) < 4.78 is 13.1. The van der Waals surface area contributed by atoms with Gasteiger partial charge in [-0.25, -0.2) is 0 Å². The zero-order valence-electron chi connectivity index (χ0n) is 13.5. The van der Waals surface area contributed by atoms with Crippen molar-refractivity contribution in [1.29, 1.82) is 0 Å². The smallest absolute Gasteiger partial charge is 0.108 e. The fourth-order valence-corrected chi connectivity index (χ4v) is 3.04. The van der Waals surface area contributed by atoms with Crippen LogP contribution in [0.5, 0.6) is 0 Å². The molecule has 0 saturated carbocycles. The van der Waals surface area contributed by atoms with E-state index in [1.807, 2.05) is 6.07 Å². The van der Waals surface area contributed by atoms with Crippen molar-refractivity contribution in [2.45, 2.75) is 18.6 Å². The third-order valence-corrected chi connectivity index (χ3v) is 4.53. The van der Waals surface area contributed by atoms with E-state index in [0.29, 0.717) is 6.61 Å². The Hall–Kier alpha value is -0.910. The molecule has 0 radical (unpaired) electrons. The largest absolute Gasteiger partial charge is 0.375 e. The van der Waals surface area contributed by atoms with Gasteiger partial charge in [-0.15, -0.1) is 12.4 Å². The van der Waals surface area contributed by atoms with Gasteiger partial charge in [0.05, 0.1) is 19.3 Å². The van der Waals surface area contributed by atoms with Gasteiger partial charge in [-0.2, -0.15) is 0 Å². The lowest BCUT2D eigenvalue weighted by molar-refractivity contribution is -0.00715. The Morgan fingerprint density at radius 3 is 2.46 bits per heavy atom. The number of nitrogens with one attached hydrogen (secondary N) is 1. The van der Waals surface area contributed by atoms with Crippen molar-refractivity contribution in [3.63, 3.8) is 0 Å². The maximum absolute atomic E-state index is 6.23. The molecular weight excluding hydrogens is 390 g/mol. The van der Waals surface area contributed by atoms with E-state index in [-0.39, 0.29) is 24.6 Å². The maximum Gasteiger partial charge on any atom is 0.108 e. The van der Waals surface area contributed by atoms with E-state index in [0.717, 1.165) is 30.6 Å². The van der Waals surface area contributed by atoms with Crippen LogP contribution >= 0.6 is 28.3 Å². The Balaban J connectivity index is 0.00000208. The van der Waals surface area contributed by atoms with Gasteiger partial charge in [-0.1, -0.05) is 58.4 Å². The summed E-state index contributed by atoms with van der Waals surface area (Å²) in [5, 5.41) is 3.36. The Labute approximate surface area is 158 Å². The second-order valence-corrected chi connectivity index (χ2v) is 6.61. The monoisotopic (exact) mass is 411 g/mol. The lowest BCUT2D eigenvalue weighted by atomic mass is 10.0. The molecule has 0 bridgehead atoms. The fourth-order valence-electron chi connectivity index (χ4n) is 2.77. The summed E-state index contributed by atoms with van der Waals surface area (Å²) in [6.07, 6.45) is 1.12. The average molecular weight is 413 g/mol. The molecule has 2 aromatic rings. The third kappa shape index (κ3) is 5.57. The number of benzene rings is 2. The van der Waals surface area contributed by atoms with Crippen LogP contribution < -0.4 is 5.32 Å². The SMILES string of the molecule is Brc1ccc(C(OCCC2CNCCO2)c2ccccc2)cc1.Cl. The summed E-state index contributed by atoms with van der Waals surface area (Å²) in [5.74, 6) is 0. The molecule has 2 aromatic carbocycles. The summed E-state index contributed by atoms with van der Waals surface area (Å²) in [7, 11) is 0. The molecule has 130 valence electrons. The van der Waals surface area contributed by atoms with E-state index >= 15 is 0 Å². The van der Waals surface area contributed by atoms with Crippen LogP contribution in [0, 0.1) is 0 Å². The molecule has 1 fully saturated rings. The molecule has 0 aliphatic carbocycles. The van der Waals surface area contributed by atoms with Crippen LogP contribution in [0.1, 0.15) is 23.7 Å². The van der Waals surface area contributed by atoms with Gasteiger partial charge in [-0.3, -0.25) is 0 Å². The quantitative estimate of drug-likeness (QED) is 0.765. The first-order valence-electron chi connectivity index (χ1n) is 8.07. The second kappa shape index (κ2) is 10.2. The molecule has 1 aliphatic heterocycles. The molecule has 2 unspecified atom stereocenters. The molecule has 3 nitrogen and oxygen atoms in total. The van der Waals surface area contributed by atoms with Crippen molar-refractivity contribution < 1.29 is 9.47 Å². The van der Waals surface area contributed by atoms with E-state index in [2.05, 4.69) is 69.8 Å². The van der Waals surface area contributed by atoms with Gasteiger partial charge in [0.15, 0.2) is 0 Å².